The topological polar surface area (TPSA) is 67.2 Å². The summed E-state index contributed by atoms with van der Waals surface area (Å²) in [7, 11) is 1.84. The van der Waals surface area contributed by atoms with Gasteiger partial charge in [0, 0.05) is 19.0 Å². The van der Waals surface area contributed by atoms with Gasteiger partial charge in [0.2, 0.25) is 0 Å². The molecule has 0 aliphatic heterocycles. The zero-order valence-corrected chi connectivity index (χ0v) is 12.2. The number of amides is 1. The van der Waals surface area contributed by atoms with Gasteiger partial charge in [-0.3, -0.25) is 9.48 Å². The van der Waals surface area contributed by atoms with E-state index in [9.17, 15) is 9.90 Å². The van der Waals surface area contributed by atoms with E-state index in [4.69, 9.17) is 0 Å². The Morgan fingerprint density at radius 2 is 2.24 bits per heavy atom. The Morgan fingerprint density at radius 1 is 1.43 bits per heavy atom. The fraction of sp³-hybridized carbons (Fsp3) is 0.500. The summed E-state index contributed by atoms with van der Waals surface area (Å²) in [5, 5.41) is 17.8. The third-order valence-electron chi connectivity index (χ3n) is 4.28. The summed E-state index contributed by atoms with van der Waals surface area (Å²) in [4.78, 5) is 12.3. The maximum absolute atomic E-state index is 12.3. The summed E-state index contributed by atoms with van der Waals surface area (Å²) >= 11 is 0. The molecule has 1 heterocycles. The van der Waals surface area contributed by atoms with Gasteiger partial charge >= 0.3 is 0 Å². The zero-order chi connectivity index (χ0) is 14.8. The number of para-hydroxylation sites is 1. The number of fused-ring (bicyclic) bond motifs is 1. The second kappa shape index (κ2) is 5.85. The summed E-state index contributed by atoms with van der Waals surface area (Å²) in [6, 6.07) is 7.73. The highest BCUT2D eigenvalue weighted by atomic mass is 16.3. The molecule has 0 spiro atoms. The largest absolute Gasteiger partial charge is 0.393 e. The van der Waals surface area contributed by atoms with E-state index in [0.29, 0.717) is 18.2 Å². The first-order chi connectivity index (χ1) is 10.1. The number of aryl methyl sites for hydroxylation is 1. The molecule has 2 N–H and O–H groups in total. The lowest BCUT2D eigenvalue weighted by atomic mass is 9.87. The molecule has 0 radical (unpaired) electrons. The van der Waals surface area contributed by atoms with Crippen LogP contribution in [0.25, 0.3) is 10.9 Å². The maximum atomic E-state index is 12.3. The Hall–Kier alpha value is -1.88. The number of benzene rings is 1. The standard InChI is InChI=1S/C16H21N3O2/c1-19-14-8-3-2-7-13(14)15(18-19)16(21)17-10-11-5-4-6-12(20)9-11/h2-3,7-8,11-12,20H,4-6,9-10H2,1H3,(H,17,21). The average molecular weight is 287 g/mol. The van der Waals surface area contributed by atoms with Crippen molar-refractivity contribution in [2.24, 2.45) is 13.0 Å². The minimum atomic E-state index is -0.212. The lowest BCUT2D eigenvalue weighted by Gasteiger charge is -2.25. The fourth-order valence-electron chi connectivity index (χ4n) is 3.15. The monoisotopic (exact) mass is 287 g/mol. The SMILES string of the molecule is Cn1nc(C(=O)NCC2CCCC(O)C2)c2ccccc21. The maximum Gasteiger partial charge on any atom is 0.272 e. The Bertz CT molecular complexity index is 650. The van der Waals surface area contributed by atoms with Crippen LogP contribution in [0.15, 0.2) is 24.3 Å². The first-order valence-corrected chi connectivity index (χ1v) is 7.53. The number of hydrogen-bond acceptors (Lipinski definition) is 3. The number of aromatic nitrogens is 2. The van der Waals surface area contributed by atoms with Crippen LogP contribution in [0.5, 0.6) is 0 Å². The molecule has 2 unspecified atom stereocenters. The molecule has 2 atom stereocenters. The molecule has 1 amide bonds. The number of hydrogen-bond donors (Lipinski definition) is 2. The van der Waals surface area contributed by atoms with Crippen molar-refractivity contribution in [1.82, 2.24) is 15.1 Å². The van der Waals surface area contributed by atoms with Gasteiger partial charge in [0.1, 0.15) is 0 Å². The molecule has 1 fully saturated rings. The second-order valence-electron chi connectivity index (χ2n) is 5.89. The summed E-state index contributed by atoms with van der Waals surface area (Å²) in [5.41, 5.74) is 1.43. The van der Waals surface area contributed by atoms with E-state index >= 15 is 0 Å². The molecule has 1 saturated carbocycles. The molecular formula is C16H21N3O2. The molecule has 1 aromatic heterocycles. The van der Waals surface area contributed by atoms with Gasteiger partial charge in [0.15, 0.2) is 5.69 Å². The molecule has 1 aromatic carbocycles. The molecule has 5 heteroatoms. The van der Waals surface area contributed by atoms with Crippen molar-refractivity contribution < 1.29 is 9.90 Å². The zero-order valence-electron chi connectivity index (χ0n) is 12.2. The average Bonchev–Trinajstić information content (AvgIpc) is 2.83. The third-order valence-corrected chi connectivity index (χ3v) is 4.28. The number of aliphatic hydroxyl groups excluding tert-OH is 1. The van der Waals surface area contributed by atoms with Gasteiger partial charge in [-0.1, -0.05) is 24.6 Å². The van der Waals surface area contributed by atoms with Crippen molar-refractivity contribution in [2.45, 2.75) is 31.8 Å². The molecule has 21 heavy (non-hydrogen) atoms. The van der Waals surface area contributed by atoms with E-state index in [2.05, 4.69) is 10.4 Å². The molecule has 2 aromatic rings. The van der Waals surface area contributed by atoms with E-state index in [0.717, 1.165) is 36.6 Å². The molecule has 0 saturated heterocycles. The lowest BCUT2D eigenvalue weighted by Crippen LogP contribution is -2.33. The highest BCUT2D eigenvalue weighted by Gasteiger charge is 2.22. The fourth-order valence-corrected chi connectivity index (χ4v) is 3.15. The molecule has 0 bridgehead atoms. The summed E-state index contributed by atoms with van der Waals surface area (Å²) < 4.78 is 1.73. The number of aliphatic hydroxyl groups is 1. The van der Waals surface area contributed by atoms with E-state index < -0.39 is 0 Å². The normalized spacial score (nSPS) is 22.4. The van der Waals surface area contributed by atoms with Crippen molar-refractivity contribution in [3.8, 4) is 0 Å². The third kappa shape index (κ3) is 2.93. The number of rotatable bonds is 3. The molecule has 1 aliphatic rings. The van der Waals surface area contributed by atoms with Crippen molar-refractivity contribution in [2.75, 3.05) is 6.54 Å². The van der Waals surface area contributed by atoms with Crippen molar-refractivity contribution in [3.63, 3.8) is 0 Å². The van der Waals surface area contributed by atoms with Crippen molar-refractivity contribution >= 4 is 16.8 Å². The van der Waals surface area contributed by atoms with Gasteiger partial charge in [0.05, 0.1) is 11.6 Å². The predicted octanol–water partition coefficient (Wildman–Crippen LogP) is 1.85. The van der Waals surface area contributed by atoms with Crippen LogP contribution < -0.4 is 5.32 Å². The van der Waals surface area contributed by atoms with E-state index in [-0.39, 0.29) is 12.0 Å². The van der Waals surface area contributed by atoms with Crippen LogP contribution in [-0.4, -0.2) is 33.4 Å². The van der Waals surface area contributed by atoms with E-state index in [1.165, 1.54) is 0 Å². The number of nitrogens with zero attached hydrogens (tertiary/aromatic N) is 2. The Morgan fingerprint density at radius 3 is 3.05 bits per heavy atom. The second-order valence-corrected chi connectivity index (χ2v) is 5.89. The van der Waals surface area contributed by atoms with Gasteiger partial charge < -0.3 is 10.4 Å². The van der Waals surface area contributed by atoms with E-state index in [1.54, 1.807) is 4.68 Å². The van der Waals surface area contributed by atoms with Crippen molar-refractivity contribution in [1.29, 1.82) is 0 Å². The van der Waals surface area contributed by atoms with Crippen LogP contribution in [0, 0.1) is 5.92 Å². The predicted molar refractivity (Wildman–Crippen MR) is 81.0 cm³/mol. The van der Waals surface area contributed by atoms with Crippen LogP contribution in [0.2, 0.25) is 0 Å². The van der Waals surface area contributed by atoms with Crippen LogP contribution in [0.1, 0.15) is 36.2 Å². The molecule has 112 valence electrons. The van der Waals surface area contributed by atoms with Crippen LogP contribution in [0.3, 0.4) is 0 Å². The quantitative estimate of drug-likeness (QED) is 0.905. The molecule has 3 rings (SSSR count). The first kappa shape index (κ1) is 14.1. The van der Waals surface area contributed by atoms with Gasteiger partial charge in [-0.15, -0.1) is 0 Å². The highest BCUT2D eigenvalue weighted by Crippen LogP contribution is 2.24. The van der Waals surface area contributed by atoms with Crippen LogP contribution in [-0.2, 0) is 7.05 Å². The summed E-state index contributed by atoms with van der Waals surface area (Å²) in [5.74, 6) is 0.236. The first-order valence-electron chi connectivity index (χ1n) is 7.53. The van der Waals surface area contributed by atoms with Crippen LogP contribution >= 0.6 is 0 Å². The van der Waals surface area contributed by atoms with Crippen LogP contribution in [0.4, 0.5) is 0 Å². The highest BCUT2D eigenvalue weighted by molar-refractivity contribution is 6.04. The Balaban J connectivity index is 1.70. The summed E-state index contributed by atoms with van der Waals surface area (Å²) in [6.45, 7) is 0.612. The minimum Gasteiger partial charge on any atom is -0.393 e. The molecule has 1 aliphatic carbocycles. The number of nitrogens with one attached hydrogen (secondary N) is 1. The molecule has 5 nitrogen and oxygen atoms in total. The van der Waals surface area contributed by atoms with Gasteiger partial charge in [-0.05, 0) is 31.2 Å². The number of carbonyl (C=O) groups excluding carboxylic acids is 1. The number of carbonyl (C=O) groups is 1. The van der Waals surface area contributed by atoms with Gasteiger partial charge in [0.25, 0.3) is 5.91 Å². The van der Waals surface area contributed by atoms with Gasteiger partial charge in [-0.25, -0.2) is 0 Å². The molecular weight excluding hydrogens is 266 g/mol. The van der Waals surface area contributed by atoms with E-state index in [1.807, 2.05) is 31.3 Å². The minimum absolute atomic E-state index is 0.133. The lowest BCUT2D eigenvalue weighted by molar-refractivity contribution is 0.0871. The van der Waals surface area contributed by atoms with Crippen molar-refractivity contribution in [3.05, 3.63) is 30.0 Å². The Labute approximate surface area is 124 Å². The summed E-state index contributed by atoms with van der Waals surface area (Å²) in [6.07, 6.45) is 3.56. The Kier molecular flexibility index (Phi) is 3.92. The van der Waals surface area contributed by atoms with Gasteiger partial charge in [-0.2, -0.15) is 5.10 Å². The smallest absolute Gasteiger partial charge is 0.272 e.